The number of rotatable bonds is 4. The average Bonchev–Trinajstić information content (AvgIpc) is 3.46. The molecular formula is C20H14N8O. The van der Waals surface area contributed by atoms with Crippen molar-refractivity contribution in [1.82, 2.24) is 34.9 Å². The molecule has 0 bridgehead atoms. The Bertz CT molecular complexity index is 1290. The number of hydrogen-bond acceptors (Lipinski definition) is 6. The summed E-state index contributed by atoms with van der Waals surface area (Å²) in [7, 11) is 0. The molecule has 0 saturated heterocycles. The molecule has 4 heterocycles. The number of anilines is 1. The fraction of sp³-hybridized carbons (Fsp3) is 0. The number of carbonyl (C=O) groups is 1. The maximum absolute atomic E-state index is 12.4. The summed E-state index contributed by atoms with van der Waals surface area (Å²) < 4.78 is 1.61. The molecule has 0 radical (unpaired) electrons. The molecule has 5 aromatic rings. The minimum atomic E-state index is -0.360. The second-order valence-corrected chi connectivity index (χ2v) is 6.21. The number of para-hydroxylation sites is 1. The van der Waals surface area contributed by atoms with Crippen molar-refractivity contribution in [2.45, 2.75) is 0 Å². The number of benzene rings is 1. The monoisotopic (exact) mass is 382 g/mol. The smallest absolute Gasteiger partial charge is 0.259 e. The SMILES string of the molecule is O=C(Nc1n[nH]c(-c2ccc3ccccc3n2)n1)c1ccc(-n2cccn2)nc1. The van der Waals surface area contributed by atoms with Crippen LogP contribution in [0.1, 0.15) is 10.4 Å². The van der Waals surface area contributed by atoms with Crippen molar-refractivity contribution < 1.29 is 4.79 Å². The summed E-state index contributed by atoms with van der Waals surface area (Å²) >= 11 is 0. The van der Waals surface area contributed by atoms with Gasteiger partial charge in [0.1, 0.15) is 5.69 Å². The zero-order valence-electron chi connectivity index (χ0n) is 15.0. The molecule has 1 aromatic carbocycles. The van der Waals surface area contributed by atoms with Crippen molar-refractivity contribution in [3.63, 3.8) is 0 Å². The Balaban J connectivity index is 1.33. The summed E-state index contributed by atoms with van der Waals surface area (Å²) in [5, 5.41) is 14.7. The van der Waals surface area contributed by atoms with Crippen molar-refractivity contribution in [3.05, 3.63) is 78.8 Å². The number of carbonyl (C=O) groups excluding carboxylic acids is 1. The van der Waals surface area contributed by atoms with Gasteiger partial charge in [-0.05, 0) is 30.3 Å². The summed E-state index contributed by atoms with van der Waals surface area (Å²) in [4.78, 5) is 25.6. The van der Waals surface area contributed by atoms with Gasteiger partial charge >= 0.3 is 0 Å². The van der Waals surface area contributed by atoms with Crippen molar-refractivity contribution >= 4 is 22.8 Å². The second-order valence-electron chi connectivity index (χ2n) is 6.21. The first kappa shape index (κ1) is 16.8. The minimum absolute atomic E-state index is 0.163. The Morgan fingerprint density at radius 3 is 2.76 bits per heavy atom. The first-order valence-corrected chi connectivity index (χ1v) is 8.82. The molecule has 0 aliphatic heterocycles. The van der Waals surface area contributed by atoms with Gasteiger partial charge in [-0.25, -0.2) is 14.6 Å². The number of fused-ring (bicyclic) bond motifs is 1. The molecule has 29 heavy (non-hydrogen) atoms. The quantitative estimate of drug-likeness (QED) is 0.494. The van der Waals surface area contributed by atoms with Crippen LogP contribution in [0.4, 0.5) is 5.95 Å². The molecule has 0 fully saturated rings. The van der Waals surface area contributed by atoms with Gasteiger partial charge in [-0.1, -0.05) is 24.3 Å². The van der Waals surface area contributed by atoms with Gasteiger partial charge in [0.05, 0.1) is 11.1 Å². The Hall–Kier alpha value is -4.40. The highest BCUT2D eigenvalue weighted by atomic mass is 16.1. The zero-order valence-corrected chi connectivity index (χ0v) is 15.0. The van der Waals surface area contributed by atoms with Crippen molar-refractivity contribution in [3.8, 4) is 17.3 Å². The lowest BCUT2D eigenvalue weighted by Crippen LogP contribution is -2.13. The van der Waals surface area contributed by atoms with E-state index in [4.69, 9.17) is 0 Å². The van der Waals surface area contributed by atoms with Gasteiger partial charge in [-0.15, -0.1) is 5.10 Å². The van der Waals surface area contributed by atoms with Crippen molar-refractivity contribution in [1.29, 1.82) is 0 Å². The third-order valence-corrected chi connectivity index (χ3v) is 4.30. The van der Waals surface area contributed by atoms with Crippen LogP contribution in [0.2, 0.25) is 0 Å². The second kappa shape index (κ2) is 6.97. The van der Waals surface area contributed by atoms with Gasteiger partial charge in [0.25, 0.3) is 5.91 Å². The Morgan fingerprint density at radius 1 is 1.00 bits per heavy atom. The Morgan fingerprint density at radius 2 is 1.93 bits per heavy atom. The highest BCUT2D eigenvalue weighted by Crippen LogP contribution is 2.19. The molecule has 0 saturated carbocycles. The molecule has 0 spiro atoms. The molecule has 0 unspecified atom stereocenters. The topological polar surface area (TPSA) is 114 Å². The van der Waals surface area contributed by atoms with Gasteiger partial charge in [0.15, 0.2) is 11.6 Å². The lowest BCUT2D eigenvalue weighted by Gasteiger charge is -2.03. The minimum Gasteiger partial charge on any atom is -0.289 e. The summed E-state index contributed by atoms with van der Waals surface area (Å²) in [6, 6.07) is 16.8. The number of hydrogen-bond donors (Lipinski definition) is 2. The molecule has 0 aliphatic rings. The molecule has 2 N–H and O–H groups in total. The van der Waals surface area contributed by atoms with Crippen LogP contribution in [-0.4, -0.2) is 40.8 Å². The van der Waals surface area contributed by atoms with E-state index in [0.717, 1.165) is 10.9 Å². The van der Waals surface area contributed by atoms with Crippen LogP contribution < -0.4 is 5.32 Å². The maximum atomic E-state index is 12.4. The van der Waals surface area contributed by atoms with E-state index >= 15 is 0 Å². The van der Waals surface area contributed by atoms with Gasteiger partial charge in [0.2, 0.25) is 5.95 Å². The van der Waals surface area contributed by atoms with E-state index in [9.17, 15) is 4.79 Å². The van der Waals surface area contributed by atoms with E-state index in [1.165, 1.54) is 6.20 Å². The Labute approximate surface area is 164 Å². The van der Waals surface area contributed by atoms with Gasteiger partial charge < -0.3 is 0 Å². The molecule has 1 amide bonds. The highest BCUT2D eigenvalue weighted by molar-refractivity contribution is 6.03. The fourth-order valence-corrected chi connectivity index (χ4v) is 2.86. The summed E-state index contributed by atoms with van der Waals surface area (Å²) in [5.41, 5.74) is 1.88. The predicted molar refractivity (Wildman–Crippen MR) is 106 cm³/mol. The van der Waals surface area contributed by atoms with E-state index in [1.54, 1.807) is 35.3 Å². The lowest BCUT2D eigenvalue weighted by atomic mass is 10.2. The van der Waals surface area contributed by atoms with Gasteiger partial charge in [-0.2, -0.15) is 10.1 Å². The van der Waals surface area contributed by atoms with Crippen LogP contribution in [0.5, 0.6) is 0 Å². The largest absolute Gasteiger partial charge is 0.289 e. The zero-order chi connectivity index (χ0) is 19.6. The lowest BCUT2D eigenvalue weighted by molar-refractivity contribution is 0.102. The fourth-order valence-electron chi connectivity index (χ4n) is 2.86. The molecule has 140 valence electrons. The highest BCUT2D eigenvalue weighted by Gasteiger charge is 2.12. The summed E-state index contributed by atoms with van der Waals surface area (Å²) in [5.74, 6) is 0.893. The number of H-pyrrole nitrogens is 1. The van der Waals surface area contributed by atoms with Crippen LogP contribution in [0, 0.1) is 0 Å². The molecule has 4 aromatic heterocycles. The van der Waals surface area contributed by atoms with E-state index in [2.05, 4.69) is 35.6 Å². The van der Waals surface area contributed by atoms with Crippen LogP contribution in [0.15, 0.2) is 73.2 Å². The first-order chi connectivity index (χ1) is 14.3. The van der Waals surface area contributed by atoms with Crippen LogP contribution >= 0.6 is 0 Å². The van der Waals surface area contributed by atoms with E-state index in [1.807, 2.05) is 36.4 Å². The number of pyridine rings is 2. The van der Waals surface area contributed by atoms with E-state index < -0.39 is 0 Å². The molecule has 9 heteroatoms. The van der Waals surface area contributed by atoms with Crippen molar-refractivity contribution in [2.75, 3.05) is 5.32 Å². The van der Waals surface area contributed by atoms with E-state index in [0.29, 0.717) is 22.9 Å². The molecular weight excluding hydrogens is 368 g/mol. The number of aromatic nitrogens is 7. The summed E-state index contributed by atoms with van der Waals surface area (Å²) in [6.45, 7) is 0. The maximum Gasteiger partial charge on any atom is 0.259 e. The normalized spacial score (nSPS) is 10.9. The number of nitrogens with zero attached hydrogens (tertiary/aromatic N) is 6. The van der Waals surface area contributed by atoms with Crippen LogP contribution in [-0.2, 0) is 0 Å². The predicted octanol–water partition coefficient (Wildman–Crippen LogP) is 2.85. The molecule has 5 rings (SSSR count). The summed E-state index contributed by atoms with van der Waals surface area (Å²) in [6.07, 6.45) is 4.91. The first-order valence-electron chi connectivity index (χ1n) is 8.82. The van der Waals surface area contributed by atoms with Crippen molar-refractivity contribution in [2.24, 2.45) is 0 Å². The third kappa shape index (κ3) is 3.32. The number of amides is 1. The standard InChI is InChI=1S/C20H14N8O/c29-19(14-7-9-17(21-12-14)28-11-3-10-22-28)25-20-24-18(26-27-20)16-8-6-13-4-1-2-5-15(13)23-16/h1-12H,(H2,24,25,26,27,29). The molecule has 0 atom stereocenters. The Kier molecular flexibility index (Phi) is 4.02. The van der Waals surface area contributed by atoms with Crippen LogP contribution in [0.25, 0.3) is 28.2 Å². The molecule has 9 nitrogen and oxygen atoms in total. The number of nitrogens with one attached hydrogen (secondary N) is 2. The van der Waals surface area contributed by atoms with Gasteiger partial charge in [-0.3, -0.25) is 15.2 Å². The van der Waals surface area contributed by atoms with E-state index in [-0.39, 0.29) is 11.9 Å². The third-order valence-electron chi connectivity index (χ3n) is 4.30. The average molecular weight is 382 g/mol. The van der Waals surface area contributed by atoms with Gasteiger partial charge in [0, 0.05) is 24.0 Å². The number of aromatic amines is 1. The molecule has 0 aliphatic carbocycles. The van der Waals surface area contributed by atoms with Crippen LogP contribution in [0.3, 0.4) is 0 Å².